The van der Waals surface area contributed by atoms with Gasteiger partial charge in [-0.15, -0.1) is 0 Å². The Morgan fingerprint density at radius 2 is 2.43 bits per heavy atom. The molecule has 1 saturated heterocycles. The van der Waals surface area contributed by atoms with E-state index < -0.39 is 11.9 Å². The van der Waals surface area contributed by atoms with Gasteiger partial charge in [0.05, 0.1) is 24.8 Å². The second-order valence-corrected chi connectivity index (χ2v) is 3.05. The molecule has 0 unspecified atom stereocenters. The van der Waals surface area contributed by atoms with Crippen molar-refractivity contribution in [2.75, 3.05) is 13.2 Å². The van der Waals surface area contributed by atoms with Gasteiger partial charge in [-0.1, -0.05) is 0 Å². The van der Waals surface area contributed by atoms with Crippen molar-refractivity contribution < 1.29 is 13.9 Å². The first-order chi connectivity index (χ1) is 6.77. The van der Waals surface area contributed by atoms with E-state index in [9.17, 15) is 9.18 Å². The average molecular weight is 196 g/mol. The van der Waals surface area contributed by atoms with E-state index in [0.29, 0.717) is 13.2 Å². The van der Waals surface area contributed by atoms with Crippen molar-refractivity contribution in [3.8, 4) is 0 Å². The number of nitrogens with zero attached hydrogens (tertiary/aromatic N) is 1. The van der Waals surface area contributed by atoms with Crippen molar-refractivity contribution in [2.45, 2.75) is 6.04 Å². The molecular formula is C9H9FN2O2. The first-order valence-electron chi connectivity index (χ1n) is 4.26. The number of hydrogen-bond donors (Lipinski definition) is 1. The number of hydrogen-bond acceptors (Lipinski definition) is 3. The maximum absolute atomic E-state index is 13.0. The number of carbonyl (C=O) groups is 1. The van der Waals surface area contributed by atoms with Gasteiger partial charge in [-0.3, -0.25) is 4.79 Å². The summed E-state index contributed by atoms with van der Waals surface area (Å²) < 4.78 is 17.9. The summed E-state index contributed by atoms with van der Waals surface area (Å²) in [5.41, 5.74) is -0.0283. The Kier molecular flexibility index (Phi) is 2.41. The highest BCUT2D eigenvalue weighted by atomic mass is 19.1. The van der Waals surface area contributed by atoms with Gasteiger partial charge in [0.1, 0.15) is 0 Å². The van der Waals surface area contributed by atoms with E-state index >= 15 is 0 Å². The van der Waals surface area contributed by atoms with Gasteiger partial charge in [-0.05, 0) is 12.1 Å². The predicted molar refractivity (Wildman–Crippen MR) is 46.3 cm³/mol. The lowest BCUT2D eigenvalue weighted by Crippen LogP contribution is -2.48. The largest absolute Gasteiger partial charge is 0.377 e. The fourth-order valence-corrected chi connectivity index (χ4v) is 1.14. The molecule has 0 aromatic carbocycles. The van der Waals surface area contributed by atoms with E-state index in [-0.39, 0.29) is 11.6 Å². The van der Waals surface area contributed by atoms with E-state index in [1.165, 1.54) is 18.3 Å². The lowest BCUT2D eigenvalue weighted by Gasteiger charge is -2.26. The molecule has 1 fully saturated rings. The molecule has 0 spiro atoms. The molecule has 2 rings (SSSR count). The molecule has 74 valence electrons. The standard InChI is InChI=1S/C9H9FN2O2/c10-8-7(2-1-3-11-8)9(13)12-6-4-14-5-6/h1-3,6H,4-5H2,(H,12,13). The molecule has 0 bridgehead atoms. The zero-order valence-corrected chi connectivity index (χ0v) is 7.37. The molecule has 0 saturated carbocycles. The first-order valence-corrected chi connectivity index (χ1v) is 4.26. The molecule has 0 aliphatic carbocycles. The summed E-state index contributed by atoms with van der Waals surface area (Å²) in [6.07, 6.45) is 1.30. The SMILES string of the molecule is O=C(NC1COC1)c1cccnc1F. The van der Waals surface area contributed by atoms with Crippen LogP contribution in [0.4, 0.5) is 4.39 Å². The number of ether oxygens (including phenoxy) is 1. The Bertz CT molecular complexity index is 352. The molecule has 5 heteroatoms. The third-order valence-corrected chi connectivity index (χ3v) is 1.98. The molecule has 1 N–H and O–H groups in total. The second-order valence-electron chi connectivity index (χ2n) is 3.05. The van der Waals surface area contributed by atoms with Crippen molar-refractivity contribution >= 4 is 5.91 Å². The van der Waals surface area contributed by atoms with Crippen LogP contribution in [0.3, 0.4) is 0 Å². The quantitative estimate of drug-likeness (QED) is 0.694. The van der Waals surface area contributed by atoms with Crippen LogP contribution in [0, 0.1) is 5.95 Å². The number of amides is 1. The molecule has 1 amide bonds. The maximum Gasteiger partial charge on any atom is 0.256 e. The van der Waals surface area contributed by atoms with Crippen LogP contribution in [-0.4, -0.2) is 30.1 Å². The number of rotatable bonds is 2. The van der Waals surface area contributed by atoms with Crippen LogP contribution < -0.4 is 5.32 Å². The summed E-state index contributed by atoms with van der Waals surface area (Å²) in [7, 11) is 0. The van der Waals surface area contributed by atoms with E-state index in [4.69, 9.17) is 4.74 Å². The summed E-state index contributed by atoms with van der Waals surface area (Å²) in [6, 6.07) is 2.93. The molecule has 1 aliphatic heterocycles. The normalized spacial score (nSPS) is 16.1. The van der Waals surface area contributed by atoms with Crippen molar-refractivity contribution in [1.82, 2.24) is 10.3 Å². The minimum absolute atomic E-state index is 0.00195. The van der Waals surface area contributed by atoms with Gasteiger partial charge in [0.15, 0.2) is 0 Å². The molecule has 0 atom stereocenters. The fourth-order valence-electron chi connectivity index (χ4n) is 1.14. The van der Waals surface area contributed by atoms with Crippen LogP contribution in [-0.2, 0) is 4.74 Å². The minimum atomic E-state index is -0.745. The van der Waals surface area contributed by atoms with Gasteiger partial charge < -0.3 is 10.1 Å². The highest BCUT2D eigenvalue weighted by Gasteiger charge is 2.22. The van der Waals surface area contributed by atoms with Crippen molar-refractivity contribution in [2.24, 2.45) is 0 Å². The van der Waals surface area contributed by atoms with Crippen molar-refractivity contribution in [1.29, 1.82) is 0 Å². The lowest BCUT2D eigenvalue weighted by atomic mass is 10.2. The molecule has 4 nitrogen and oxygen atoms in total. The van der Waals surface area contributed by atoms with E-state index in [0.717, 1.165) is 0 Å². The lowest BCUT2D eigenvalue weighted by molar-refractivity contribution is -0.00354. The Morgan fingerprint density at radius 3 is 3.00 bits per heavy atom. The fraction of sp³-hybridized carbons (Fsp3) is 0.333. The summed E-state index contributed by atoms with van der Waals surface area (Å²) in [6.45, 7) is 0.987. The minimum Gasteiger partial charge on any atom is -0.377 e. The third-order valence-electron chi connectivity index (χ3n) is 1.98. The van der Waals surface area contributed by atoms with Crippen molar-refractivity contribution in [3.05, 3.63) is 29.8 Å². The van der Waals surface area contributed by atoms with E-state index in [1.54, 1.807) is 0 Å². The number of nitrogens with one attached hydrogen (secondary N) is 1. The van der Waals surface area contributed by atoms with Gasteiger partial charge in [0.2, 0.25) is 5.95 Å². The Balaban J connectivity index is 2.06. The summed E-state index contributed by atoms with van der Waals surface area (Å²) in [5.74, 6) is -1.19. The van der Waals surface area contributed by atoms with Crippen LogP contribution in [0.1, 0.15) is 10.4 Å². The van der Waals surface area contributed by atoms with Gasteiger partial charge in [-0.25, -0.2) is 4.98 Å². The number of carbonyl (C=O) groups excluding carboxylic acids is 1. The summed E-state index contributed by atoms with van der Waals surface area (Å²) in [5, 5.41) is 2.63. The highest BCUT2D eigenvalue weighted by molar-refractivity contribution is 5.94. The van der Waals surface area contributed by atoms with Gasteiger partial charge in [0, 0.05) is 6.20 Å². The topological polar surface area (TPSA) is 51.2 Å². The van der Waals surface area contributed by atoms with Gasteiger partial charge in [-0.2, -0.15) is 4.39 Å². The molecule has 1 aliphatic rings. The number of halogens is 1. The highest BCUT2D eigenvalue weighted by Crippen LogP contribution is 2.05. The summed E-state index contributed by atoms with van der Waals surface area (Å²) >= 11 is 0. The maximum atomic E-state index is 13.0. The van der Waals surface area contributed by atoms with Crippen molar-refractivity contribution in [3.63, 3.8) is 0 Å². The Hall–Kier alpha value is -1.49. The molecule has 1 aromatic rings. The molecule has 14 heavy (non-hydrogen) atoms. The van der Waals surface area contributed by atoms with Gasteiger partial charge >= 0.3 is 0 Å². The molecule has 2 heterocycles. The van der Waals surface area contributed by atoms with E-state index in [2.05, 4.69) is 10.3 Å². The van der Waals surface area contributed by atoms with Gasteiger partial charge in [0.25, 0.3) is 5.91 Å². The monoisotopic (exact) mass is 196 g/mol. The zero-order chi connectivity index (χ0) is 9.97. The first kappa shape index (κ1) is 9.08. The van der Waals surface area contributed by atoms with Crippen LogP contribution in [0.5, 0.6) is 0 Å². The van der Waals surface area contributed by atoms with Crippen LogP contribution in [0.25, 0.3) is 0 Å². The van der Waals surface area contributed by atoms with E-state index in [1.807, 2.05) is 0 Å². The molecular weight excluding hydrogens is 187 g/mol. The Morgan fingerprint density at radius 1 is 1.64 bits per heavy atom. The third kappa shape index (κ3) is 1.72. The average Bonchev–Trinajstić information content (AvgIpc) is 2.12. The zero-order valence-electron chi connectivity index (χ0n) is 7.37. The van der Waals surface area contributed by atoms with Crippen LogP contribution >= 0.6 is 0 Å². The Labute approximate surface area is 80.1 Å². The predicted octanol–water partition coefficient (Wildman–Crippen LogP) is 0.349. The smallest absolute Gasteiger partial charge is 0.256 e. The van der Waals surface area contributed by atoms with Crippen LogP contribution in [0.15, 0.2) is 18.3 Å². The summed E-state index contributed by atoms with van der Waals surface area (Å²) in [4.78, 5) is 14.8. The van der Waals surface area contributed by atoms with Crippen LogP contribution in [0.2, 0.25) is 0 Å². The number of pyridine rings is 1. The molecule has 0 radical (unpaired) electrons. The molecule has 1 aromatic heterocycles. The number of aromatic nitrogens is 1. The second kappa shape index (κ2) is 3.71.